The van der Waals surface area contributed by atoms with E-state index in [-0.39, 0.29) is 31.1 Å². The summed E-state index contributed by atoms with van der Waals surface area (Å²) >= 11 is 0. The number of aliphatic hydroxyl groups is 2. The lowest BCUT2D eigenvalue weighted by molar-refractivity contribution is 0.114. The molecule has 0 amide bonds. The van der Waals surface area contributed by atoms with Crippen molar-refractivity contribution in [1.82, 2.24) is 0 Å². The van der Waals surface area contributed by atoms with Gasteiger partial charge < -0.3 is 10.2 Å². The lowest BCUT2D eigenvalue weighted by Gasteiger charge is -2.30. The van der Waals surface area contributed by atoms with E-state index in [2.05, 4.69) is 0 Å². The maximum atomic E-state index is 11.8. The monoisotopic (exact) mass is 300 g/mol. The highest BCUT2D eigenvalue weighted by Crippen LogP contribution is 2.28. The number of aryl methyl sites for hydroxylation is 1. The van der Waals surface area contributed by atoms with Gasteiger partial charge in [0.15, 0.2) is 0 Å². The van der Waals surface area contributed by atoms with Crippen LogP contribution in [0.1, 0.15) is 30.9 Å². The van der Waals surface area contributed by atoms with Crippen LogP contribution < -0.4 is 0 Å². The van der Waals surface area contributed by atoms with Crippen LogP contribution in [-0.4, -0.2) is 43.4 Å². The van der Waals surface area contributed by atoms with Crippen molar-refractivity contribution in [3.8, 4) is 0 Å². The highest BCUT2D eigenvalue weighted by molar-refractivity contribution is 7.91. The molecule has 4 nitrogen and oxygen atoms in total. The van der Waals surface area contributed by atoms with E-state index in [9.17, 15) is 18.6 Å². The van der Waals surface area contributed by atoms with Crippen LogP contribution in [0.3, 0.4) is 0 Å². The SMILES string of the molecule is CCCS(=O)(=O)CCC(CO)(CO)c1cccc(C)c1. The molecule has 0 aromatic heterocycles. The van der Waals surface area contributed by atoms with E-state index in [0.717, 1.165) is 11.1 Å². The van der Waals surface area contributed by atoms with Crippen molar-refractivity contribution in [1.29, 1.82) is 0 Å². The summed E-state index contributed by atoms with van der Waals surface area (Å²) in [5.74, 6) is 0.129. The number of hydrogen-bond donors (Lipinski definition) is 2. The van der Waals surface area contributed by atoms with Crippen molar-refractivity contribution in [3.05, 3.63) is 35.4 Å². The van der Waals surface area contributed by atoms with Gasteiger partial charge in [-0.1, -0.05) is 36.8 Å². The molecule has 0 fully saturated rings. The summed E-state index contributed by atoms with van der Waals surface area (Å²) in [5, 5.41) is 19.4. The molecule has 0 aliphatic carbocycles. The van der Waals surface area contributed by atoms with E-state index in [4.69, 9.17) is 0 Å². The van der Waals surface area contributed by atoms with Crippen molar-refractivity contribution in [3.63, 3.8) is 0 Å². The first kappa shape index (κ1) is 17.1. The summed E-state index contributed by atoms with van der Waals surface area (Å²) in [6.45, 7) is 3.21. The molecule has 0 aliphatic rings. The molecule has 0 saturated carbocycles. The van der Waals surface area contributed by atoms with Crippen LogP contribution >= 0.6 is 0 Å². The zero-order chi connectivity index (χ0) is 15.2. The molecule has 0 radical (unpaired) electrons. The van der Waals surface area contributed by atoms with Crippen LogP contribution in [0, 0.1) is 6.92 Å². The van der Waals surface area contributed by atoms with Crippen LogP contribution in [0.4, 0.5) is 0 Å². The number of rotatable bonds is 8. The van der Waals surface area contributed by atoms with E-state index in [1.165, 1.54) is 0 Å². The molecule has 0 atom stereocenters. The van der Waals surface area contributed by atoms with Gasteiger partial charge in [-0.2, -0.15) is 0 Å². The normalized spacial score (nSPS) is 12.6. The second-order valence-electron chi connectivity index (χ2n) is 5.37. The Morgan fingerprint density at radius 2 is 1.80 bits per heavy atom. The smallest absolute Gasteiger partial charge is 0.150 e. The van der Waals surface area contributed by atoms with Crippen LogP contribution in [0.5, 0.6) is 0 Å². The molecule has 5 heteroatoms. The largest absolute Gasteiger partial charge is 0.395 e. The highest BCUT2D eigenvalue weighted by Gasteiger charge is 2.32. The lowest BCUT2D eigenvalue weighted by atomic mass is 9.79. The summed E-state index contributed by atoms with van der Waals surface area (Å²) < 4.78 is 23.7. The Balaban J connectivity index is 2.99. The minimum atomic E-state index is -3.13. The van der Waals surface area contributed by atoms with Crippen molar-refractivity contribution < 1.29 is 18.6 Å². The number of benzene rings is 1. The van der Waals surface area contributed by atoms with E-state index in [0.29, 0.717) is 6.42 Å². The van der Waals surface area contributed by atoms with Gasteiger partial charge in [-0.05, 0) is 25.3 Å². The van der Waals surface area contributed by atoms with Crippen molar-refractivity contribution in [2.45, 2.75) is 32.1 Å². The molecule has 114 valence electrons. The second kappa shape index (κ2) is 7.20. The van der Waals surface area contributed by atoms with Crippen LogP contribution in [0.25, 0.3) is 0 Å². The third kappa shape index (κ3) is 4.30. The fourth-order valence-corrected chi connectivity index (χ4v) is 3.80. The quantitative estimate of drug-likeness (QED) is 0.761. The van der Waals surface area contributed by atoms with Gasteiger partial charge in [0, 0.05) is 11.2 Å². The predicted octanol–water partition coefficient (Wildman–Crippen LogP) is 1.43. The molecule has 0 heterocycles. The minimum Gasteiger partial charge on any atom is -0.395 e. The molecule has 0 saturated heterocycles. The molecule has 0 spiro atoms. The number of aliphatic hydroxyl groups excluding tert-OH is 2. The Bertz CT molecular complexity index is 518. The molecule has 0 bridgehead atoms. The van der Waals surface area contributed by atoms with Gasteiger partial charge in [-0.25, -0.2) is 8.42 Å². The third-order valence-electron chi connectivity index (χ3n) is 3.64. The summed E-state index contributed by atoms with van der Waals surface area (Å²) in [5.41, 5.74) is 0.909. The molecule has 0 aliphatic heterocycles. The van der Waals surface area contributed by atoms with Crippen molar-refractivity contribution in [2.75, 3.05) is 24.7 Å². The van der Waals surface area contributed by atoms with Crippen molar-refractivity contribution in [2.24, 2.45) is 0 Å². The van der Waals surface area contributed by atoms with E-state index >= 15 is 0 Å². The maximum Gasteiger partial charge on any atom is 0.150 e. The molecule has 0 unspecified atom stereocenters. The Kier molecular flexibility index (Phi) is 6.17. The Morgan fingerprint density at radius 3 is 2.30 bits per heavy atom. The Labute approximate surface area is 121 Å². The fourth-order valence-electron chi connectivity index (χ4n) is 2.27. The third-order valence-corrected chi connectivity index (χ3v) is 5.50. The standard InChI is InChI=1S/C15H24O4S/c1-3-8-20(18,19)9-7-15(11-16,12-17)14-6-4-5-13(2)10-14/h4-6,10,16-17H,3,7-9,11-12H2,1-2H3. The summed E-state index contributed by atoms with van der Waals surface area (Å²) in [6, 6.07) is 7.49. The summed E-state index contributed by atoms with van der Waals surface area (Å²) in [4.78, 5) is 0. The maximum absolute atomic E-state index is 11.8. The lowest BCUT2D eigenvalue weighted by Crippen LogP contribution is -2.37. The summed E-state index contributed by atoms with van der Waals surface area (Å²) in [6.07, 6.45) is 0.809. The molecule has 1 aromatic carbocycles. The van der Waals surface area contributed by atoms with Gasteiger partial charge in [0.05, 0.1) is 19.0 Å². The first-order chi connectivity index (χ1) is 9.39. The Hall–Kier alpha value is -0.910. The highest BCUT2D eigenvalue weighted by atomic mass is 32.2. The second-order valence-corrected chi connectivity index (χ2v) is 7.67. The van der Waals surface area contributed by atoms with Crippen LogP contribution in [0.15, 0.2) is 24.3 Å². The first-order valence-corrected chi connectivity index (χ1v) is 8.70. The van der Waals surface area contributed by atoms with Crippen LogP contribution in [0.2, 0.25) is 0 Å². The first-order valence-electron chi connectivity index (χ1n) is 6.88. The number of hydrogen-bond acceptors (Lipinski definition) is 4. The molecule has 20 heavy (non-hydrogen) atoms. The van der Waals surface area contributed by atoms with Gasteiger partial charge in [-0.3, -0.25) is 0 Å². The number of sulfone groups is 1. The van der Waals surface area contributed by atoms with Gasteiger partial charge in [0.25, 0.3) is 0 Å². The molecule has 1 rings (SSSR count). The average molecular weight is 300 g/mol. The predicted molar refractivity (Wildman–Crippen MR) is 80.6 cm³/mol. The van der Waals surface area contributed by atoms with E-state index in [1.807, 2.05) is 38.1 Å². The zero-order valence-electron chi connectivity index (χ0n) is 12.2. The zero-order valence-corrected chi connectivity index (χ0v) is 13.0. The van der Waals surface area contributed by atoms with Gasteiger partial charge >= 0.3 is 0 Å². The minimum absolute atomic E-state index is 0.0180. The fraction of sp³-hybridized carbons (Fsp3) is 0.600. The van der Waals surface area contributed by atoms with E-state index in [1.54, 1.807) is 0 Å². The molecular weight excluding hydrogens is 276 g/mol. The Morgan fingerprint density at radius 1 is 1.15 bits per heavy atom. The van der Waals surface area contributed by atoms with Crippen LogP contribution in [-0.2, 0) is 15.3 Å². The topological polar surface area (TPSA) is 74.6 Å². The molecular formula is C15H24O4S. The van der Waals surface area contributed by atoms with Gasteiger partial charge in [0.1, 0.15) is 9.84 Å². The summed E-state index contributed by atoms with van der Waals surface area (Å²) in [7, 11) is -3.13. The molecule has 2 N–H and O–H groups in total. The van der Waals surface area contributed by atoms with Gasteiger partial charge in [0.2, 0.25) is 0 Å². The van der Waals surface area contributed by atoms with Gasteiger partial charge in [-0.15, -0.1) is 0 Å². The average Bonchev–Trinajstić information content (AvgIpc) is 2.40. The van der Waals surface area contributed by atoms with E-state index < -0.39 is 15.3 Å². The van der Waals surface area contributed by atoms with Crippen molar-refractivity contribution >= 4 is 9.84 Å². The molecule has 1 aromatic rings.